The smallest absolute Gasteiger partial charge is 0.295 e. The molecule has 0 aromatic heterocycles. The number of carbonyl (C=O) groups excluding carboxylic acids is 2. The fourth-order valence-corrected chi connectivity index (χ4v) is 4.71. The van der Waals surface area contributed by atoms with Gasteiger partial charge in [0.05, 0.1) is 25.8 Å². The number of Topliss-reactive ketones (excluding diaryl/α,β-unsaturated/α-hetero) is 1. The highest BCUT2D eigenvalue weighted by molar-refractivity contribution is 9.10. The van der Waals surface area contributed by atoms with Gasteiger partial charge in [0.25, 0.3) is 11.7 Å². The lowest BCUT2D eigenvalue weighted by Crippen LogP contribution is -2.31. The molecule has 1 amide bonds. The Balaban J connectivity index is 1.74. The van der Waals surface area contributed by atoms with Crippen LogP contribution in [0.25, 0.3) is 5.76 Å². The van der Waals surface area contributed by atoms with Crippen molar-refractivity contribution in [2.45, 2.75) is 25.8 Å². The van der Waals surface area contributed by atoms with E-state index in [1.807, 2.05) is 42.5 Å². The van der Waals surface area contributed by atoms with Gasteiger partial charge in [-0.15, -0.1) is 0 Å². The molecule has 3 aromatic carbocycles. The lowest BCUT2D eigenvalue weighted by molar-refractivity contribution is -0.139. The third kappa shape index (κ3) is 5.02. The summed E-state index contributed by atoms with van der Waals surface area (Å²) in [7, 11) is 3.15. The van der Waals surface area contributed by atoms with Crippen molar-refractivity contribution < 1.29 is 24.2 Å². The van der Waals surface area contributed by atoms with Crippen LogP contribution in [0.1, 0.15) is 35.2 Å². The number of aryl methyl sites for hydroxylation is 1. The molecule has 0 saturated carbocycles. The van der Waals surface area contributed by atoms with Gasteiger partial charge >= 0.3 is 0 Å². The first-order valence-electron chi connectivity index (χ1n) is 11.7. The van der Waals surface area contributed by atoms with Crippen LogP contribution in [0.3, 0.4) is 0 Å². The number of aliphatic hydroxyl groups excluding tert-OH is 1. The van der Waals surface area contributed by atoms with Crippen LogP contribution in [-0.4, -0.2) is 42.5 Å². The Morgan fingerprint density at radius 1 is 0.917 bits per heavy atom. The van der Waals surface area contributed by atoms with E-state index in [4.69, 9.17) is 9.47 Å². The zero-order valence-electron chi connectivity index (χ0n) is 20.5. The molecule has 0 spiro atoms. The van der Waals surface area contributed by atoms with Crippen molar-refractivity contribution in [2.24, 2.45) is 0 Å². The summed E-state index contributed by atoms with van der Waals surface area (Å²) in [5.41, 5.74) is 3.43. The standard InChI is InChI=1S/C29H28BrNO5/c1-4-18-5-8-20(9-6-18)26-25(27(32)21-10-12-22(30)13-11-21)28(33)29(34)31(26)16-15-19-7-14-23(35-2)24(17-19)36-3/h5-14,17,26,32H,4,15-16H2,1-3H3/t26-/m0/s1. The number of hydrogen-bond acceptors (Lipinski definition) is 5. The van der Waals surface area contributed by atoms with E-state index in [0.29, 0.717) is 23.5 Å². The van der Waals surface area contributed by atoms with Crippen molar-refractivity contribution >= 4 is 33.4 Å². The number of halogens is 1. The van der Waals surface area contributed by atoms with Crippen molar-refractivity contribution in [1.82, 2.24) is 4.90 Å². The SMILES string of the molecule is CCc1ccc([C@H]2C(=C(O)c3ccc(Br)cc3)C(=O)C(=O)N2CCc2ccc(OC)c(OC)c2)cc1. The molecular formula is C29H28BrNO5. The van der Waals surface area contributed by atoms with Gasteiger partial charge in [-0.3, -0.25) is 9.59 Å². The second-order valence-corrected chi connectivity index (χ2v) is 9.45. The molecule has 36 heavy (non-hydrogen) atoms. The summed E-state index contributed by atoms with van der Waals surface area (Å²) in [6.07, 6.45) is 1.37. The van der Waals surface area contributed by atoms with E-state index in [0.717, 1.165) is 27.6 Å². The molecule has 1 aliphatic heterocycles. The maximum atomic E-state index is 13.2. The van der Waals surface area contributed by atoms with Crippen LogP contribution in [0.4, 0.5) is 0 Å². The van der Waals surface area contributed by atoms with E-state index in [1.54, 1.807) is 43.4 Å². The summed E-state index contributed by atoms with van der Waals surface area (Å²) < 4.78 is 11.6. The normalized spacial score (nSPS) is 16.9. The van der Waals surface area contributed by atoms with Crippen molar-refractivity contribution in [3.05, 3.63) is 99.0 Å². The molecule has 0 unspecified atom stereocenters. The van der Waals surface area contributed by atoms with Crippen LogP contribution in [-0.2, 0) is 22.4 Å². The molecule has 1 saturated heterocycles. The first kappa shape index (κ1) is 25.5. The molecular weight excluding hydrogens is 522 g/mol. The summed E-state index contributed by atoms with van der Waals surface area (Å²) in [5.74, 6) is -0.281. The lowest BCUT2D eigenvalue weighted by atomic mass is 9.94. The average Bonchev–Trinajstić information content (AvgIpc) is 3.16. The quantitative estimate of drug-likeness (QED) is 0.222. The Kier molecular flexibility index (Phi) is 7.79. The number of methoxy groups -OCH3 is 2. The number of benzene rings is 3. The van der Waals surface area contributed by atoms with Gasteiger partial charge in [-0.25, -0.2) is 0 Å². The molecule has 186 valence electrons. The lowest BCUT2D eigenvalue weighted by Gasteiger charge is -2.25. The van der Waals surface area contributed by atoms with Crippen LogP contribution in [0, 0.1) is 0 Å². The second kappa shape index (κ2) is 11.0. The number of hydrogen-bond donors (Lipinski definition) is 1. The third-order valence-electron chi connectivity index (χ3n) is 6.45. The maximum Gasteiger partial charge on any atom is 0.295 e. The van der Waals surface area contributed by atoms with Gasteiger partial charge in [0.15, 0.2) is 11.5 Å². The van der Waals surface area contributed by atoms with E-state index in [-0.39, 0.29) is 17.9 Å². The number of aliphatic hydroxyl groups is 1. The molecule has 3 aromatic rings. The Hall–Kier alpha value is -3.58. The average molecular weight is 550 g/mol. The van der Waals surface area contributed by atoms with Gasteiger partial charge in [-0.1, -0.05) is 65.3 Å². The molecule has 7 heteroatoms. The number of likely N-dealkylation sites (tertiary alicyclic amines) is 1. The monoisotopic (exact) mass is 549 g/mol. The summed E-state index contributed by atoms with van der Waals surface area (Å²) in [5, 5.41) is 11.2. The molecule has 1 aliphatic rings. The van der Waals surface area contributed by atoms with Crippen molar-refractivity contribution in [2.75, 3.05) is 20.8 Å². The zero-order valence-corrected chi connectivity index (χ0v) is 22.0. The molecule has 0 bridgehead atoms. The molecule has 1 atom stereocenters. The first-order chi connectivity index (χ1) is 17.4. The second-order valence-electron chi connectivity index (χ2n) is 8.53. The molecule has 4 rings (SSSR count). The number of amides is 1. The minimum absolute atomic E-state index is 0.0962. The van der Waals surface area contributed by atoms with Gasteiger partial charge in [0, 0.05) is 16.6 Å². The van der Waals surface area contributed by atoms with Gasteiger partial charge < -0.3 is 19.5 Å². The van der Waals surface area contributed by atoms with Gasteiger partial charge in [-0.05, 0) is 53.8 Å². The number of carbonyl (C=O) groups is 2. The minimum Gasteiger partial charge on any atom is -0.507 e. The van der Waals surface area contributed by atoms with Crippen LogP contribution in [0.5, 0.6) is 11.5 Å². The van der Waals surface area contributed by atoms with Crippen molar-refractivity contribution in [1.29, 1.82) is 0 Å². The predicted molar refractivity (Wildman–Crippen MR) is 142 cm³/mol. The topological polar surface area (TPSA) is 76.1 Å². The van der Waals surface area contributed by atoms with Crippen LogP contribution in [0.15, 0.2) is 76.8 Å². The zero-order chi connectivity index (χ0) is 25.8. The van der Waals surface area contributed by atoms with E-state index in [1.165, 1.54) is 0 Å². The highest BCUT2D eigenvalue weighted by Gasteiger charge is 2.45. The summed E-state index contributed by atoms with van der Waals surface area (Å²) in [6.45, 7) is 2.36. The minimum atomic E-state index is -0.695. The van der Waals surface area contributed by atoms with E-state index >= 15 is 0 Å². The molecule has 6 nitrogen and oxygen atoms in total. The number of rotatable bonds is 8. The Morgan fingerprint density at radius 3 is 2.17 bits per heavy atom. The molecule has 0 aliphatic carbocycles. The van der Waals surface area contributed by atoms with E-state index < -0.39 is 17.7 Å². The molecule has 0 radical (unpaired) electrons. The van der Waals surface area contributed by atoms with Gasteiger partial charge in [0.2, 0.25) is 0 Å². The van der Waals surface area contributed by atoms with E-state index in [9.17, 15) is 14.7 Å². The third-order valence-corrected chi connectivity index (χ3v) is 6.98. The van der Waals surface area contributed by atoms with Crippen LogP contribution >= 0.6 is 15.9 Å². The first-order valence-corrected chi connectivity index (χ1v) is 12.5. The van der Waals surface area contributed by atoms with Crippen LogP contribution < -0.4 is 9.47 Å². The highest BCUT2D eigenvalue weighted by atomic mass is 79.9. The molecule has 1 fully saturated rings. The van der Waals surface area contributed by atoms with Crippen LogP contribution in [0.2, 0.25) is 0 Å². The molecule has 1 heterocycles. The fourth-order valence-electron chi connectivity index (χ4n) is 4.44. The Morgan fingerprint density at radius 2 is 1.56 bits per heavy atom. The number of ether oxygens (including phenoxy) is 2. The summed E-state index contributed by atoms with van der Waals surface area (Å²) in [6, 6.07) is 19.7. The summed E-state index contributed by atoms with van der Waals surface area (Å²) in [4.78, 5) is 28.0. The number of nitrogens with zero attached hydrogens (tertiary/aromatic N) is 1. The maximum absolute atomic E-state index is 13.2. The molecule has 1 N–H and O–H groups in total. The van der Waals surface area contributed by atoms with Crippen molar-refractivity contribution in [3.63, 3.8) is 0 Å². The summed E-state index contributed by atoms with van der Waals surface area (Å²) >= 11 is 3.39. The number of ketones is 1. The van der Waals surface area contributed by atoms with Gasteiger partial charge in [0.1, 0.15) is 5.76 Å². The Bertz CT molecular complexity index is 1300. The van der Waals surface area contributed by atoms with E-state index in [2.05, 4.69) is 22.9 Å². The highest BCUT2D eigenvalue weighted by Crippen LogP contribution is 2.40. The largest absolute Gasteiger partial charge is 0.507 e. The Labute approximate surface area is 219 Å². The van der Waals surface area contributed by atoms with Gasteiger partial charge in [-0.2, -0.15) is 0 Å². The fraction of sp³-hybridized carbons (Fsp3) is 0.241. The predicted octanol–water partition coefficient (Wildman–Crippen LogP) is 5.69. The van der Waals surface area contributed by atoms with Crippen molar-refractivity contribution in [3.8, 4) is 11.5 Å².